The van der Waals surface area contributed by atoms with Crippen molar-refractivity contribution in [1.82, 2.24) is 0 Å². The van der Waals surface area contributed by atoms with E-state index >= 15 is 0 Å². The van der Waals surface area contributed by atoms with Crippen LogP contribution in [-0.4, -0.2) is 10.8 Å². The van der Waals surface area contributed by atoms with Crippen molar-refractivity contribution in [2.24, 2.45) is 0 Å². The molecule has 1 rings (SSSR count). The smallest absolute Gasteiger partial charge is 0.360 e. The average Bonchev–Trinajstić information content (AvgIpc) is 2.30. The molecule has 0 N–H and O–H groups in total. The Bertz CT molecular complexity index is 436. The number of hydrogen-bond donors (Lipinski definition) is 0. The first-order valence-corrected chi connectivity index (χ1v) is 5.14. The molecule has 0 heterocycles. The predicted molar refractivity (Wildman–Crippen MR) is 46.6 cm³/mol. The summed E-state index contributed by atoms with van der Waals surface area (Å²) in [7, 11) is 0. The van der Waals surface area contributed by atoms with Gasteiger partial charge >= 0.3 is 11.4 Å². The Balaban J connectivity index is 3.20. The molecule has 17 heavy (non-hydrogen) atoms. The van der Waals surface area contributed by atoms with Crippen LogP contribution in [0.15, 0.2) is 0 Å². The Morgan fingerprint density at radius 1 is 0.941 bits per heavy atom. The van der Waals surface area contributed by atoms with Crippen molar-refractivity contribution in [1.29, 1.82) is 0 Å². The van der Waals surface area contributed by atoms with E-state index in [1.165, 1.54) is 6.92 Å². The summed E-state index contributed by atoms with van der Waals surface area (Å²) < 4.78 is 82.9. The molecule has 0 bridgehead atoms. The van der Waals surface area contributed by atoms with Crippen molar-refractivity contribution < 1.29 is 34.5 Å². The Hall–Kier alpha value is -1.22. The van der Waals surface area contributed by atoms with E-state index in [9.17, 15) is 26.2 Å². The maximum Gasteiger partial charge on any atom is 0.360 e. The normalized spacial score (nSPS) is 12.6. The molecule has 0 radical (unpaired) electrons. The minimum atomic E-state index is -2.65. The minimum Gasteiger partial charge on any atom is -0.373 e. The molecule has 0 spiro atoms. The zero-order chi connectivity index (χ0) is 13.2. The van der Waals surface area contributed by atoms with Gasteiger partial charge in [0.05, 0.1) is 6.61 Å². The summed E-state index contributed by atoms with van der Waals surface area (Å²) in [4.78, 5) is 0. The molecular formula is C8H5F5O3S. The van der Waals surface area contributed by atoms with Crippen molar-refractivity contribution in [3.63, 3.8) is 0 Å². The Morgan fingerprint density at radius 2 is 1.35 bits per heavy atom. The average molecular weight is 276 g/mol. The van der Waals surface area contributed by atoms with Crippen LogP contribution in [0.25, 0.3) is 0 Å². The first-order valence-electron chi connectivity index (χ1n) is 4.14. The molecule has 1 aromatic carbocycles. The Morgan fingerprint density at radius 3 is 1.76 bits per heavy atom. The lowest BCUT2D eigenvalue weighted by atomic mass is 10.3. The van der Waals surface area contributed by atoms with Gasteiger partial charge in [0, 0.05) is 0 Å². The molecule has 9 heteroatoms. The summed E-state index contributed by atoms with van der Waals surface area (Å²) >= 11 is -2.65. The number of halogens is 5. The van der Waals surface area contributed by atoms with Gasteiger partial charge in [-0.3, -0.25) is 4.18 Å². The van der Waals surface area contributed by atoms with Crippen LogP contribution >= 0.6 is 0 Å². The van der Waals surface area contributed by atoms with Crippen molar-refractivity contribution in [3.05, 3.63) is 29.1 Å². The zero-order valence-electron chi connectivity index (χ0n) is 8.23. The second kappa shape index (κ2) is 5.41. The highest BCUT2D eigenvalue weighted by Crippen LogP contribution is 2.29. The SMILES string of the molecule is CCOS(=O)Oc1c(F)c(F)c(F)c(F)c1F. The molecule has 0 saturated carbocycles. The quantitative estimate of drug-likeness (QED) is 0.481. The van der Waals surface area contributed by atoms with E-state index in [0.717, 1.165) is 0 Å². The first-order chi connectivity index (χ1) is 7.90. The molecule has 0 fully saturated rings. The van der Waals surface area contributed by atoms with E-state index in [4.69, 9.17) is 0 Å². The highest BCUT2D eigenvalue weighted by atomic mass is 32.2. The van der Waals surface area contributed by atoms with Crippen molar-refractivity contribution in [3.8, 4) is 5.75 Å². The van der Waals surface area contributed by atoms with Crippen LogP contribution in [0, 0.1) is 29.1 Å². The fourth-order valence-corrected chi connectivity index (χ4v) is 1.37. The summed E-state index contributed by atoms with van der Waals surface area (Å²) in [6, 6.07) is 0. The molecule has 0 aliphatic heterocycles. The van der Waals surface area contributed by atoms with Crippen LogP contribution < -0.4 is 4.18 Å². The van der Waals surface area contributed by atoms with Crippen molar-refractivity contribution in [2.45, 2.75) is 6.92 Å². The summed E-state index contributed by atoms with van der Waals surface area (Å²) in [6.07, 6.45) is 0. The van der Waals surface area contributed by atoms with Gasteiger partial charge in [-0.25, -0.2) is 13.2 Å². The second-order valence-electron chi connectivity index (χ2n) is 2.59. The van der Waals surface area contributed by atoms with E-state index in [1.807, 2.05) is 0 Å². The second-order valence-corrected chi connectivity index (χ2v) is 3.40. The third-order valence-electron chi connectivity index (χ3n) is 1.53. The van der Waals surface area contributed by atoms with Gasteiger partial charge in [0.15, 0.2) is 0 Å². The van der Waals surface area contributed by atoms with E-state index in [0.29, 0.717) is 0 Å². The third kappa shape index (κ3) is 2.72. The maximum atomic E-state index is 13.0. The van der Waals surface area contributed by atoms with E-state index < -0.39 is 46.2 Å². The Kier molecular flexibility index (Phi) is 4.40. The minimum absolute atomic E-state index is 0.137. The van der Waals surface area contributed by atoms with Crippen LogP contribution in [-0.2, 0) is 15.5 Å². The monoisotopic (exact) mass is 276 g/mol. The van der Waals surface area contributed by atoms with Crippen molar-refractivity contribution >= 4 is 11.4 Å². The first kappa shape index (κ1) is 13.8. The van der Waals surface area contributed by atoms with Gasteiger partial charge in [0.25, 0.3) is 0 Å². The molecular weight excluding hydrogens is 271 g/mol. The summed E-state index contributed by atoms with van der Waals surface area (Å²) in [6.45, 7) is 1.25. The van der Waals surface area contributed by atoms with Crippen LogP contribution in [0.5, 0.6) is 5.75 Å². The van der Waals surface area contributed by atoms with Gasteiger partial charge < -0.3 is 4.18 Å². The van der Waals surface area contributed by atoms with E-state index in [1.54, 1.807) is 0 Å². The molecule has 3 nitrogen and oxygen atoms in total. The molecule has 0 saturated heterocycles. The number of rotatable bonds is 4. The molecule has 0 aromatic heterocycles. The topological polar surface area (TPSA) is 35.5 Å². The van der Waals surface area contributed by atoms with Crippen molar-refractivity contribution in [2.75, 3.05) is 6.61 Å². The largest absolute Gasteiger partial charge is 0.373 e. The molecule has 96 valence electrons. The van der Waals surface area contributed by atoms with Gasteiger partial charge in [0.2, 0.25) is 34.8 Å². The standard InChI is InChI=1S/C8H5F5O3S/c1-2-15-17(14)16-8-6(12)4(10)3(9)5(11)7(8)13/h2H2,1H3. The molecule has 0 aliphatic rings. The summed E-state index contributed by atoms with van der Waals surface area (Å²) in [5.74, 6) is -12.8. The van der Waals surface area contributed by atoms with Gasteiger partial charge in [-0.1, -0.05) is 0 Å². The third-order valence-corrected chi connectivity index (χ3v) is 2.27. The lowest BCUT2D eigenvalue weighted by Gasteiger charge is -2.07. The fraction of sp³-hybridized carbons (Fsp3) is 0.250. The van der Waals surface area contributed by atoms with Gasteiger partial charge in [-0.2, -0.15) is 13.0 Å². The lowest BCUT2D eigenvalue weighted by molar-refractivity contribution is 0.307. The fourth-order valence-electron chi connectivity index (χ4n) is 0.846. The van der Waals surface area contributed by atoms with Crippen LogP contribution in [0.1, 0.15) is 6.92 Å². The highest BCUT2D eigenvalue weighted by molar-refractivity contribution is 7.75. The lowest BCUT2D eigenvalue weighted by Crippen LogP contribution is -2.11. The van der Waals surface area contributed by atoms with Crippen LogP contribution in [0.3, 0.4) is 0 Å². The zero-order valence-corrected chi connectivity index (χ0v) is 9.05. The van der Waals surface area contributed by atoms with Gasteiger partial charge in [-0.15, -0.1) is 0 Å². The van der Waals surface area contributed by atoms with Crippen LogP contribution in [0.2, 0.25) is 0 Å². The maximum absolute atomic E-state index is 13.0. The predicted octanol–water partition coefficient (Wildman–Crippen LogP) is 2.38. The van der Waals surface area contributed by atoms with Gasteiger partial charge in [0.1, 0.15) is 0 Å². The summed E-state index contributed by atoms with van der Waals surface area (Å²) in [5.41, 5.74) is 0. The molecule has 1 aromatic rings. The molecule has 1 atom stereocenters. The molecule has 1 unspecified atom stereocenters. The summed E-state index contributed by atoms with van der Waals surface area (Å²) in [5, 5.41) is 0. The van der Waals surface area contributed by atoms with Gasteiger partial charge in [-0.05, 0) is 6.92 Å². The molecule has 0 amide bonds. The highest BCUT2D eigenvalue weighted by Gasteiger charge is 2.28. The van der Waals surface area contributed by atoms with E-state index in [2.05, 4.69) is 8.37 Å². The number of benzene rings is 1. The molecule has 0 aliphatic carbocycles. The van der Waals surface area contributed by atoms with E-state index in [-0.39, 0.29) is 6.61 Å². The Labute approximate surface area is 95.0 Å². The van der Waals surface area contributed by atoms with Crippen LogP contribution in [0.4, 0.5) is 22.0 Å². The number of hydrogen-bond acceptors (Lipinski definition) is 3.